The van der Waals surface area contributed by atoms with Gasteiger partial charge in [-0.15, -0.1) is 11.3 Å². The number of unbranched alkanes of at least 4 members (excludes halogenated alkanes) is 1. The number of thiazole rings is 1. The fraction of sp³-hybridized carbons (Fsp3) is 0.471. The second-order valence-corrected chi connectivity index (χ2v) is 19.4. The Morgan fingerprint density at radius 3 is 2.36 bits per heavy atom. The quantitative estimate of drug-likeness (QED) is 0.0639. The first-order valence-corrected chi connectivity index (χ1v) is 24.0. The van der Waals surface area contributed by atoms with Crippen LogP contribution in [0.5, 0.6) is 5.75 Å². The van der Waals surface area contributed by atoms with Crippen LogP contribution in [0.15, 0.2) is 72.4 Å². The van der Waals surface area contributed by atoms with Gasteiger partial charge < -0.3 is 36.0 Å². The van der Waals surface area contributed by atoms with Gasteiger partial charge in [0.05, 0.1) is 41.9 Å². The Morgan fingerprint density at radius 1 is 0.909 bits per heavy atom. The number of amides is 5. The Hall–Kier alpha value is -5.93. The largest absolute Gasteiger partial charge is 0.495 e. The summed E-state index contributed by atoms with van der Waals surface area (Å²) in [5, 5.41) is 22.3. The number of rotatable bonds is 19. The van der Waals surface area contributed by atoms with Crippen molar-refractivity contribution in [2.45, 2.75) is 123 Å². The number of hydrogen-bond donors (Lipinski definition) is 5. The topological polar surface area (TPSA) is 192 Å². The summed E-state index contributed by atoms with van der Waals surface area (Å²) < 4.78 is 5.50. The van der Waals surface area contributed by atoms with Gasteiger partial charge in [0.25, 0.3) is 5.91 Å². The van der Waals surface area contributed by atoms with Gasteiger partial charge in [0.15, 0.2) is 0 Å². The number of aliphatic hydroxyl groups excluding tert-OH is 1. The Bertz CT molecular complexity index is 2330. The van der Waals surface area contributed by atoms with Crippen molar-refractivity contribution in [1.29, 1.82) is 0 Å². The number of aromatic nitrogens is 2. The molecule has 0 radical (unpaired) electrons. The molecule has 0 bridgehead atoms. The zero-order chi connectivity index (χ0) is 47.2. The second kappa shape index (κ2) is 23.5. The maximum Gasteiger partial charge on any atom is 0.270 e. The lowest BCUT2D eigenvalue weighted by molar-refractivity contribution is -0.144. The number of aliphatic hydroxyl groups is 1. The number of β-amino-alcohol motifs (C(OH)–C–C–N with tert-alkyl or cyclic N) is 1. The molecule has 1 aliphatic heterocycles. The molecule has 2 fully saturated rings. The van der Waals surface area contributed by atoms with E-state index in [0.717, 1.165) is 38.4 Å². The van der Waals surface area contributed by atoms with Crippen LogP contribution < -0.4 is 26.0 Å². The van der Waals surface area contributed by atoms with Crippen molar-refractivity contribution in [1.82, 2.24) is 36.1 Å². The van der Waals surface area contributed by atoms with Gasteiger partial charge >= 0.3 is 0 Å². The summed E-state index contributed by atoms with van der Waals surface area (Å²) in [6.07, 6.45) is 12.5. The number of carbonyl (C=O) groups is 5. The normalized spacial score (nSPS) is 17.0. The lowest BCUT2D eigenvalue weighted by Gasteiger charge is -2.35. The number of likely N-dealkylation sites (tertiary alicyclic amines) is 1. The van der Waals surface area contributed by atoms with E-state index < -0.39 is 29.5 Å². The molecule has 66 heavy (non-hydrogen) atoms. The third-order valence-electron chi connectivity index (χ3n) is 12.2. The molecule has 2 aromatic carbocycles. The summed E-state index contributed by atoms with van der Waals surface area (Å²) in [5.41, 5.74) is 6.79. The average molecular weight is 920 g/mol. The van der Waals surface area contributed by atoms with Crippen LogP contribution in [0.2, 0.25) is 0 Å². The number of pyridine rings is 1. The monoisotopic (exact) mass is 919 g/mol. The van der Waals surface area contributed by atoms with Crippen molar-refractivity contribution in [2.75, 3.05) is 20.2 Å². The minimum atomic E-state index is -0.929. The third-order valence-corrected chi connectivity index (χ3v) is 13.2. The fourth-order valence-corrected chi connectivity index (χ4v) is 9.28. The third kappa shape index (κ3) is 14.0. The summed E-state index contributed by atoms with van der Waals surface area (Å²) in [6.45, 7) is 8.39. The van der Waals surface area contributed by atoms with Gasteiger partial charge in [-0.05, 0) is 72.3 Å². The summed E-state index contributed by atoms with van der Waals surface area (Å²) >= 11 is 1.57. The highest BCUT2D eigenvalue weighted by molar-refractivity contribution is 7.13. The smallest absolute Gasteiger partial charge is 0.270 e. The number of benzene rings is 2. The van der Waals surface area contributed by atoms with Gasteiger partial charge in [0.1, 0.15) is 23.5 Å². The lowest BCUT2D eigenvalue weighted by atomic mass is 9.85. The Morgan fingerprint density at radius 2 is 1.65 bits per heavy atom. The predicted molar refractivity (Wildman–Crippen MR) is 256 cm³/mol. The van der Waals surface area contributed by atoms with Crippen LogP contribution >= 0.6 is 11.3 Å². The first-order valence-electron chi connectivity index (χ1n) is 23.1. The van der Waals surface area contributed by atoms with Crippen LogP contribution in [-0.2, 0) is 38.7 Å². The van der Waals surface area contributed by atoms with Gasteiger partial charge in [0, 0.05) is 44.6 Å². The second-order valence-electron chi connectivity index (χ2n) is 18.5. The first kappa shape index (κ1) is 49.5. The summed E-state index contributed by atoms with van der Waals surface area (Å²) in [6, 6.07) is 15.3. The first-order chi connectivity index (χ1) is 31.7. The van der Waals surface area contributed by atoms with Crippen molar-refractivity contribution in [3.63, 3.8) is 0 Å². The number of carbonyl (C=O) groups excluding carboxylic acids is 5. The van der Waals surface area contributed by atoms with Gasteiger partial charge in [-0.1, -0.05) is 101 Å². The van der Waals surface area contributed by atoms with Crippen LogP contribution in [0.1, 0.15) is 117 Å². The predicted octanol–water partition coefficient (Wildman–Crippen LogP) is 6.68. The molecule has 1 aliphatic carbocycles. The maximum absolute atomic E-state index is 14.0. The van der Waals surface area contributed by atoms with Gasteiger partial charge in [0.2, 0.25) is 23.6 Å². The highest BCUT2D eigenvalue weighted by Crippen LogP contribution is 2.30. The standard InChI is InChI=1S/C51H65N7O7S/c1-33-46(66-32-56-33)38-20-18-35(19-21-38)28-55-49(63)42-27-40(59)31-58(42)50(64)47(51(2,3)4)57-44(60)16-9-10-23-52-45(61)25-36-14-11-15-37(24-36)29-54-48(62)41-26-39(43(65-5)30-53-41)22-17-34-12-7-6-8-13-34/h11,14-15,17-22,24,26,30,32,34,40,42,47,59H,6-10,12-13,16,23,25,27-29,31H2,1-5H3,(H,52,61)(H,54,62)(H,55,63)(H,57,60)/b22-17+/t40-,42+,47?/m1/s1. The molecule has 3 atom stereocenters. The van der Waals surface area contributed by atoms with Crippen molar-refractivity contribution in [3.05, 3.63) is 106 Å². The van der Waals surface area contributed by atoms with Crippen molar-refractivity contribution >= 4 is 46.9 Å². The number of ether oxygens (including phenoxy) is 1. The Kier molecular flexibility index (Phi) is 17.6. The maximum atomic E-state index is 14.0. The van der Waals surface area contributed by atoms with E-state index in [1.54, 1.807) is 30.7 Å². The minimum Gasteiger partial charge on any atom is -0.495 e. The Labute approximate surface area is 392 Å². The molecular formula is C51H65N7O7S. The molecule has 352 valence electrons. The lowest BCUT2D eigenvalue weighted by Crippen LogP contribution is -2.57. The molecule has 5 amide bonds. The summed E-state index contributed by atoms with van der Waals surface area (Å²) in [7, 11) is 1.59. The summed E-state index contributed by atoms with van der Waals surface area (Å²) in [5.74, 6) is -0.423. The van der Waals surface area contributed by atoms with Crippen molar-refractivity contribution in [2.24, 2.45) is 11.3 Å². The molecule has 2 aliphatic rings. The van der Waals surface area contributed by atoms with Crippen LogP contribution in [0.3, 0.4) is 0 Å². The van der Waals surface area contributed by atoms with Gasteiger partial charge in [-0.25, -0.2) is 9.97 Å². The van der Waals surface area contributed by atoms with E-state index in [1.807, 2.05) is 87.8 Å². The summed E-state index contributed by atoms with van der Waals surface area (Å²) in [4.78, 5) is 77.8. The van der Waals surface area contributed by atoms with E-state index in [0.29, 0.717) is 36.7 Å². The highest BCUT2D eigenvalue weighted by Gasteiger charge is 2.44. The molecule has 2 aromatic heterocycles. The van der Waals surface area contributed by atoms with E-state index in [1.165, 1.54) is 37.0 Å². The minimum absolute atomic E-state index is 0.00966. The molecule has 0 spiro atoms. The van der Waals surface area contributed by atoms with Crippen LogP contribution in [0, 0.1) is 18.3 Å². The fourth-order valence-electron chi connectivity index (χ4n) is 8.47. The van der Waals surface area contributed by atoms with Gasteiger partial charge in [-0.2, -0.15) is 0 Å². The molecule has 15 heteroatoms. The van der Waals surface area contributed by atoms with Crippen LogP contribution in [-0.4, -0.2) is 87.9 Å². The van der Waals surface area contributed by atoms with E-state index in [2.05, 4.69) is 37.3 Å². The van der Waals surface area contributed by atoms with E-state index >= 15 is 0 Å². The molecular weight excluding hydrogens is 855 g/mol. The number of methoxy groups -OCH3 is 1. The number of hydrogen-bond acceptors (Lipinski definition) is 10. The Balaban J connectivity index is 0.914. The zero-order valence-electron chi connectivity index (χ0n) is 38.9. The number of aryl methyl sites for hydroxylation is 1. The number of allylic oxidation sites excluding steroid dienone is 1. The number of nitrogens with zero attached hydrogens (tertiary/aromatic N) is 3. The SMILES string of the molecule is COc1cnc(C(=O)NCc2cccc(CC(=O)NCCCCC(=O)NC(C(=O)N3C[C@H](O)C[C@H]3C(=O)NCc3ccc(-c4scnc4C)cc3)C(C)(C)C)c2)cc1/C=C/C1CCCCC1. The molecule has 6 rings (SSSR count). The highest BCUT2D eigenvalue weighted by atomic mass is 32.1. The van der Waals surface area contributed by atoms with Crippen LogP contribution in [0.25, 0.3) is 16.5 Å². The van der Waals surface area contributed by atoms with E-state index in [-0.39, 0.29) is 62.5 Å². The van der Waals surface area contributed by atoms with Gasteiger partial charge in [-0.3, -0.25) is 24.0 Å². The van der Waals surface area contributed by atoms with E-state index in [4.69, 9.17) is 4.74 Å². The van der Waals surface area contributed by atoms with E-state index in [9.17, 15) is 29.1 Å². The molecule has 14 nitrogen and oxygen atoms in total. The molecule has 4 aromatic rings. The van der Waals surface area contributed by atoms with Crippen molar-refractivity contribution in [3.8, 4) is 16.2 Å². The van der Waals surface area contributed by atoms with Crippen molar-refractivity contribution < 1.29 is 33.8 Å². The molecule has 1 saturated heterocycles. The molecule has 1 unspecified atom stereocenters. The van der Waals surface area contributed by atoms with Crippen LogP contribution in [0.4, 0.5) is 0 Å². The average Bonchev–Trinajstić information content (AvgIpc) is 3.93. The number of nitrogens with one attached hydrogen (secondary N) is 4. The zero-order valence-corrected chi connectivity index (χ0v) is 39.7. The molecule has 1 saturated carbocycles. The molecule has 3 heterocycles. The molecule has 5 N–H and O–H groups in total.